The van der Waals surface area contributed by atoms with Gasteiger partial charge in [-0.1, -0.05) is 51.7 Å². The molecule has 5 nitrogen and oxygen atoms in total. The fourth-order valence-corrected chi connectivity index (χ4v) is 2.66. The molecule has 6 heteroatoms. The van der Waals surface area contributed by atoms with Gasteiger partial charge in [0.15, 0.2) is 8.32 Å². The van der Waals surface area contributed by atoms with Gasteiger partial charge in [-0.2, -0.15) is 0 Å². The number of carbonyl (C=O) groups excluding carboxylic acids is 2. The lowest BCUT2D eigenvalue weighted by Gasteiger charge is -2.37. The average Bonchev–Trinajstić information content (AvgIpc) is 2.56. The van der Waals surface area contributed by atoms with Crippen LogP contribution in [0.15, 0.2) is 48.6 Å². The molecule has 0 radical (unpaired) electrons. The van der Waals surface area contributed by atoms with E-state index in [0.29, 0.717) is 0 Å². The van der Waals surface area contributed by atoms with Gasteiger partial charge in [0, 0.05) is 12.2 Å². The summed E-state index contributed by atoms with van der Waals surface area (Å²) in [5.41, 5.74) is 0.838. The first-order chi connectivity index (χ1) is 12.4. The highest BCUT2D eigenvalue weighted by Gasteiger charge is 2.38. The Morgan fingerprint density at radius 3 is 2.22 bits per heavy atom. The smallest absolute Gasteiger partial charge is 0.331 e. The molecule has 152 valence electrons. The van der Waals surface area contributed by atoms with Gasteiger partial charge in [-0.3, -0.25) is 0 Å². The quantitative estimate of drug-likeness (QED) is 0.232. The Hall–Kier alpha value is -1.92. The van der Waals surface area contributed by atoms with E-state index in [1.54, 1.807) is 19.1 Å². The monoisotopic (exact) mass is 394 g/mol. The van der Waals surface area contributed by atoms with Crippen LogP contribution in [0.5, 0.6) is 0 Å². The minimum atomic E-state index is -1.99. The zero-order chi connectivity index (χ0) is 21.1. The minimum Gasteiger partial charge on any atom is -0.463 e. The van der Waals surface area contributed by atoms with E-state index in [2.05, 4.69) is 40.4 Å². The van der Waals surface area contributed by atoms with Crippen LogP contribution < -0.4 is 0 Å². The Morgan fingerprint density at radius 1 is 1.11 bits per heavy atom. The maximum absolute atomic E-state index is 12.1. The van der Waals surface area contributed by atoms with Crippen LogP contribution in [0.4, 0.5) is 0 Å². The molecule has 1 atom stereocenters. The molecule has 0 aliphatic heterocycles. The summed E-state index contributed by atoms with van der Waals surface area (Å²) in [6.45, 7) is 18.4. The van der Waals surface area contributed by atoms with Gasteiger partial charge in [-0.25, -0.2) is 9.59 Å². The second-order valence-corrected chi connectivity index (χ2v) is 12.4. The fraction of sp³-hybridized carbons (Fsp3) is 0.524. The summed E-state index contributed by atoms with van der Waals surface area (Å²) in [6, 6.07) is 0. The molecule has 0 aliphatic carbocycles. The van der Waals surface area contributed by atoms with Crippen molar-refractivity contribution in [2.45, 2.75) is 58.9 Å². The van der Waals surface area contributed by atoms with Gasteiger partial charge >= 0.3 is 11.9 Å². The maximum atomic E-state index is 12.1. The van der Waals surface area contributed by atoms with E-state index in [4.69, 9.17) is 13.9 Å². The largest absolute Gasteiger partial charge is 0.463 e. The first-order valence-corrected chi connectivity index (χ1v) is 12.0. The van der Waals surface area contributed by atoms with Crippen molar-refractivity contribution in [3.8, 4) is 0 Å². The lowest BCUT2D eigenvalue weighted by molar-refractivity contribution is -0.143. The Morgan fingerprint density at radius 2 is 1.70 bits per heavy atom. The summed E-state index contributed by atoms with van der Waals surface area (Å²) in [4.78, 5) is 23.4. The van der Waals surface area contributed by atoms with Crippen molar-refractivity contribution in [3.05, 3.63) is 48.6 Å². The number of allylic oxidation sites excluding steroid dienone is 4. The van der Waals surface area contributed by atoms with Gasteiger partial charge in [0.05, 0.1) is 13.2 Å². The number of rotatable bonds is 10. The normalized spacial score (nSPS) is 14.4. The third kappa shape index (κ3) is 10.1. The van der Waals surface area contributed by atoms with E-state index in [1.807, 2.05) is 19.1 Å². The molecule has 1 unspecified atom stereocenters. The van der Waals surface area contributed by atoms with Crippen LogP contribution in [-0.4, -0.2) is 39.6 Å². The van der Waals surface area contributed by atoms with Crippen LogP contribution in [0.2, 0.25) is 18.1 Å². The summed E-state index contributed by atoms with van der Waals surface area (Å²) >= 11 is 0. The van der Waals surface area contributed by atoms with Crippen molar-refractivity contribution in [1.29, 1.82) is 0 Å². The molecule has 0 aromatic rings. The van der Waals surface area contributed by atoms with Gasteiger partial charge in [0.25, 0.3) is 0 Å². The lowest BCUT2D eigenvalue weighted by atomic mass is 10.1. The number of hydrogen-bond donors (Lipinski definition) is 0. The summed E-state index contributed by atoms with van der Waals surface area (Å²) in [7, 11) is -1.99. The SMILES string of the molecule is C=C/C=C/C=C(\C)C(CO[Si](C)(C)C(C)(C)C)OC(=O)/C=C/C(=O)OCC. The molecule has 0 aliphatic rings. The Balaban J connectivity index is 5.22. The van der Waals surface area contributed by atoms with Gasteiger partial charge in [0.2, 0.25) is 0 Å². The van der Waals surface area contributed by atoms with E-state index < -0.39 is 26.4 Å². The van der Waals surface area contributed by atoms with E-state index in [9.17, 15) is 9.59 Å². The van der Waals surface area contributed by atoms with Crippen molar-refractivity contribution >= 4 is 20.3 Å². The van der Waals surface area contributed by atoms with Gasteiger partial charge in [-0.05, 0) is 37.6 Å². The van der Waals surface area contributed by atoms with Crippen molar-refractivity contribution in [3.63, 3.8) is 0 Å². The van der Waals surface area contributed by atoms with E-state index in [1.165, 1.54) is 0 Å². The molecule has 27 heavy (non-hydrogen) atoms. The topological polar surface area (TPSA) is 61.8 Å². The van der Waals surface area contributed by atoms with Crippen molar-refractivity contribution < 1.29 is 23.5 Å². The lowest BCUT2D eigenvalue weighted by Crippen LogP contribution is -2.43. The standard InChI is InChI=1S/C21H34O5Si/c1-9-11-12-13-17(3)18(16-25-27(7,8)21(4,5)6)26-20(23)15-14-19(22)24-10-2/h9,11-15,18H,1,10,16H2,2-8H3/b12-11+,15-14+,17-13+. The van der Waals surface area contributed by atoms with Crippen LogP contribution >= 0.6 is 0 Å². The molecular weight excluding hydrogens is 360 g/mol. The predicted octanol–water partition coefficient (Wildman–Crippen LogP) is 4.73. The fourth-order valence-electron chi connectivity index (χ4n) is 1.66. The Labute approximate surface area is 164 Å². The third-order valence-corrected chi connectivity index (χ3v) is 8.92. The molecule has 0 N–H and O–H groups in total. The third-order valence-electron chi connectivity index (χ3n) is 4.42. The Kier molecular flexibility index (Phi) is 10.9. The highest BCUT2D eigenvalue weighted by atomic mass is 28.4. The second-order valence-electron chi connectivity index (χ2n) is 7.61. The molecule has 0 rings (SSSR count). The van der Waals surface area contributed by atoms with Crippen molar-refractivity contribution in [2.75, 3.05) is 13.2 Å². The zero-order valence-electron chi connectivity index (χ0n) is 17.7. The maximum Gasteiger partial charge on any atom is 0.331 e. The molecule has 0 aromatic carbocycles. The first kappa shape index (κ1) is 25.1. The van der Waals surface area contributed by atoms with Crippen molar-refractivity contribution in [2.24, 2.45) is 0 Å². The molecule has 0 aromatic heterocycles. The van der Waals surface area contributed by atoms with Gasteiger partial charge in [0.1, 0.15) is 6.10 Å². The van der Waals surface area contributed by atoms with Crippen LogP contribution in [0, 0.1) is 0 Å². The van der Waals surface area contributed by atoms with E-state index in [0.717, 1.165) is 17.7 Å². The molecule has 0 amide bonds. The van der Waals surface area contributed by atoms with Crippen LogP contribution in [-0.2, 0) is 23.5 Å². The average molecular weight is 395 g/mol. The number of hydrogen-bond acceptors (Lipinski definition) is 5. The van der Waals surface area contributed by atoms with Crippen LogP contribution in [0.25, 0.3) is 0 Å². The van der Waals surface area contributed by atoms with Gasteiger partial charge < -0.3 is 13.9 Å². The van der Waals surface area contributed by atoms with Gasteiger partial charge in [-0.15, -0.1) is 0 Å². The van der Waals surface area contributed by atoms with E-state index in [-0.39, 0.29) is 18.3 Å². The summed E-state index contributed by atoms with van der Waals surface area (Å²) in [5, 5.41) is 0.0474. The highest BCUT2D eigenvalue weighted by molar-refractivity contribution is 6.74. The minimum absolute atomic E-state index is 0.0474. The second kappa shape index (κ2) is 11.7. The molecule has 0 saturated heterocycles. The highest BCUT2D eigenvalue weighted by Crippen LogP contribution is 2.36. The summed E-state index contributed by atoms with van der Waals surface area (Å²) < 4.78 is 16.5. The molecule has 0 saturated carbocycles. The zero-order valence-corrected chi connectivity index (χ0v) is 18.7. The Bertz CT molecular complexity index is 594. The van der Waals surface area contributed by atoms with E-state index >= 15 is 0 Å². The first-order valence-electron chi connectivity index (χ1n) is 9.10. The number of carbonyl (C=O) groups is 2. The predicted molar refractivity (Wildman–Crippen MR) is 112 cm³/mol. The molecule has 0 heterocycles. The molecule has 0 spiro atoms. The molecule has 0 bridgehead atoms. The summed E-state index contributed by atoms with van der Waals surface area (Å²) in [5.74, 6) is -1.20. The van der Waals surface area contributed by atoms with Crippen LogP contribution in [0.3, 0.4) is 0 Å². The van der Waals surface area contributed by atoms with Crippen molar-refractivity contribution in [1.82, 2.24) is 0 Å². The van der Waals surface area contributed by atoms with Crippen LogP contribution in [0.1, 0.15) is 34.6 Å². The molecular formula is C21H34O5Si. The number of ether oxygens (including phenoxy) is 2. The summed E-state index contributed by atoms with van der Waals surface area (Å²) in [6.07, 6.45) is 8.72. The number of esters is 2. The molecule has 0 fully saturated rings.